The van der Waals surface area contributed by atoms with E-state index in [4.69, 9.17) is 4.74 Å². The van der Waals surface area contributed by atoms with Crippen LogP contribution in [0.1, 0.15) is 32.1 Å². The Balaban J connectivity index is 2.28. The number of ether oxygens (including phenoxy) is 1. The fraction of sp³-hybridized carbons (Fsp3) is 0.625. The average molecular weight is 359 g/mol. The van der Waals surface area contributed by atoms with Crippen molar-refractivity contribution in [3.63, 3.8) is 0 Å². The fourth-order valence-electron chi connectivity index (χ4n) is 2.03. The highest BCUT2D eigenvalue weighted by Crippen LogP contribution is 2.16. The van der Waals surface area contributed by atoms with Crippen LogP contribution >= 0.6 is 23.1 Å². The molecule has 2 N–H and O–H groups in total. The Bertz CT molecular complexity index is 464. The lowest BCUT2D eigenvalue weighted by molar-refractivity contribution is -0.118. The van der Waals surface area contributed by atoms with Gasteiger partial charge in [-0.05, 0) is 30.7 Å². The highest BCUT2D eigenvalue weighted by atomic mass is 32.2. The van der Waals surface area contributed by atoms with E-state index in [0.717, 1.165) is 12.2 Å². The van der Waals surface area contributed by atoms with E-state index < -0.39 is 6.09 Å². The molecule has 1 rings (SSSR count). The Morgan fingerprint density at radius 1 is 1.39 bits per heavy atom. The summed E-state index contributed by atoms with van der Waals surface area (Å²) in [6, 6.07) is 3.97. The molecular weight excluding hydrogens is 332 g/mol. The molecule has 0 aliphatic rings. The van der Waals surface area contributed by atoms with Crippen molar-refractivity contribution in [3.05, 3.63) is 22.4 Å². The zero-order chi connectivity index (χ0) is 17.1. The van der Waals surface area contributed by atoms with Gasteiger partial charge in [0.25, 0.3) is 0 Å². The summed E-state index contributed by atoms with van der Waals surface area (Å²) >= 11 is 3.29. The summed E-state index contributed by atoms with van der Waals surface area (Å²) in [5, 5.41) is 7.73. The van der Waals surface area contributed by atoms with Crippen LogP contribution in [0, 0.1) is 5.92 Å². The summed E-state index contributed by atoms with van der Waals surface area (Å²) < 4.78 is 4.90. The molecule has 0 aliphatic carbocycles. The molecule has 1 aromatic rings. The van der Waals surface area contributed by atoms with E-state index in [9.17, 15) is 9.59 Å². The second-order valence-corrected chi connectivity index (χ2v) is 7.59. The number of rotatable bonds is 10. The molecule has 5 nitrogen and oxygen atoms in total. The van der Waals surface area contributed by atoms with Crippen molar-refractivity contribution >= 4 is 35.1 Å². The van der Waals surface area contributed by atoms with Gasteiger partial charge in [-0.3, -0.25) is 4.79 Å². The highest BCUT2D eigenvalue weighted by molar-refractivity contribution is 7.99. The zero-order valence-corrected chi connectivity index (χ0v) is 15.6. The van der Waals surface area contributed by atoms with Gasteiger partial charge in [-0.1, -0.05) is 19.9 Å². The molecule has 0 spiro atoms. The monoisotopic (exact) mass is 358 g/mol. The van der Waals surface area contributed by atoms with E-state index in [2.05, 4.69) is 30.5 Å². The molecule has 0 bridgehead atoms. The fourth-order valence-corrected chi connectivity index (χ4v) is 3.73. The van der Waals surface area contributed by atoms with Crippen LogP contribution in [-0.4, -0.2) is 36.9 Å². The van der Waals surface area contributed by atoms with Gasteiger partial charge in [0.1, 0.15) is 0 Å². The van der Waals surface area contributed by atoms with Crippen LogP contribution in [-0.2, 0) is 15.3 Å². The van der Waals surface area contributed by atoms with Gasteiger partial charge in [-0.2, -0.15) is 0 Å². The van der Waals surface area contributed by atoms with Crippen LogP contribution in [0.25, 0.3) is 0 Å². The van der Waals surface area contributed by atoms with Gasteiger partial charge in [0.15, 0.2) is 0 Å². The first-order chi connectivity index (χ1) is 11.0. The molecule has 0 saturated carbocycles. The van der Waals surface area contributed by atoms with Crippen LogP contribution in [0.2, 0.25) is 0 Å². The molecule has 0 unspecified atom stereocenters. The zero-order valence-electron chi connectivity index (χ0n) is 14.0. The van der Waals surface area contributed by atoms with Gasteiger partial charge in [0, 0.05) is 23.2 Å². The van der Waals surface area contributed by atoms with E-state index >= 15 is 0 Å². The van der Waals surface area contributed by atoms with Crippen molar-refractivity contribution in [2.24, 2.45) is 5.92 Å². The number of carbonyl (C=O) groups excluding carboxylic acids is 2. The summed E-state index contributed by atoms with van der Waals surface area (Å²) in [6.45, 7) is 6.70. The Morgan fingerprint density at radius 3 is 2.78 bits per heavy atom. The second kappa shape index (κ2) is 11.3. The molecule has 23 heavy (non-hydrogen) atoms. The van der Waals surface area contributed by atoms with Crippen molar-refractivity contribution in [1.29, 1.82) is 0 Å². The van der Waals surface area contributed by atoms with Crippen molar-refractivity contribution in [2.75, 3.05) is 18.9 Å². The first kappa shape index (κ1) is 19.8. The third-order valence-electron chi connectivity index (χ3n) is 2.96. The highest BCUT2D eigenvalue weighted by Gasteiger charge is 2.15. The number of thioether (sulfide) groups is 1. The molecule has 1 heterocycles. The molecule has 0 radical (unpaired) electrons. The van der Waals surface area contributed by atoms with Crippen LogP contribution in [0.5, 0.6) is 0 Å². The normalized spacial score (nSPS) is 12.0. The number of hydrogen-bond acceptors (Lipinski definition) is 5. The maximum absolute atomic E-state index is 11.9. The Hall–Kier alpha value is -1.21. The van der Waals surface area contributed by atoms with Gasteiger partial charge in [0.2, 0.25) is 5.91 Å². The Labute approximate surface area is 146 Å². The summed E-state index contributed by atoms with van der Waals surface area (Å²) in [6.07, 6.45) is 0.362. The van der Waals surface area contributed by atoms with Crippen LogP contribution < -0.4 is 10.6 Å². The van der Waals surface area contributed by atoms with Gasteiger partial charge in [-0.25, -0.2) is 4.79 Å². The van der Waals surface area contributed by atoms with E-state index in [-0.39, 0.29) is 11.9 Å². The molecule has 1 atom stereocenters. The molecule has 130 valence electrons. The van der Waals surface area contributed by atoms with E-state index in [1.54, 1.807) is 30.0 Å². The number of carbonyl (C=O) groups is 2. The Kier molecular flexibility index (Phi) is 9.78. The number of hydrogen-bond donors (Lipinski definition) is 2. The molecule has 1 aromatic heterocycles. The lowest BCUT2D eigenvalue weighted by atomic mass is 10.0. The Morgan fingerprint density at radius 2 is 2.17 bits per heavy atom. The van der Waals surface area contributed by atoms with Crippen LogP contribution in [0.3, 0.4) is 0 Å². The predicted molar refractivity (Wildman–Crippen MR) is 96.9 cm³/mol. The minimum Gasteiger partial charge on any atom is -0.450 e. The third kappa shape index (κ3) is 9.50. The smallest absolute Gasteiger partial charge is 0.407 e. The largest absolute Gasteiger partial charge is 0.450 e. The van der Waals surface area contributed by atoms with Gasteiger partial charge in [-0.15, -0.1) is 23.1 Å². The molecule has 0 aromatic carbocycles. The van der Waals surface area contributed by atoms with Gasteiger partial charge in [0.05, 0.1) is 12.4 Å². The third-order valence-corrected chi connectivity index (χ3v) is 5.00. The quantitative estimate of drug-likeness (QED) is 0.674. The molecular formula is C16H26N2O3S2. The summed E-state index contributed by atoms with van der Waals surface area (Å²) in [7, 11) is 0. The van der Waals surface area contributed by atoms with E-state index in [0.29, 0.717) is 24.8 Å². The van der Waals surface area contributed by atoms with E-state index in [1.165, 1.54) is 4.88 Å². The van der Waals surface area contributed by atoms with Crippen molar-refractivity contribution < 1.29 is 14.3 Å². The van der Waals surface area contributed by atoms with Crippen molar-refractivity contribution in [2.45, 2.75) is 39.0 Å². The minimum atomic E-state index is -0.431. The molecule has 0 saturated heterocycles. The summed E-state index contributed by atoms with van der Waals surface area (Å²) in [5.74, 6) is 1.69. The number of amides is 2. The first-order valence-electron chi connectivity index (χ1n) is 7.81. The summed E-state index contributed by atoms with van der Waals surface area (Å²) in [5.41, 5.74) is 0. The van der Waals surface area contributed by atoms with Crippen molar-refractivity contribution in [1.82, 2.24) is 10.6 Å². The number of nitrogens with one attached hydrogen (secondary N) is 2. The van der Waals surface area contributed by atoms with E-state index in [1.807, 2.05) is 11.4 Å². The van der Waals surface area contributed by atoms with Crippen LogP contribution in [0.15, 0.2) is 17.5 Å². The predicted octanol–water partition coefficient (Wildman–Crippen LogP) is 3.26. The van der Waals surface area contributed by atoms with Gasteiger partial charge >= 0.3 is 6.09 Å². The van der Waals surface area contributed by atoms with Crippen LogP contribution in [0.4, 0.5) is 4.79 Å². The standard InChI is InChI=1S/C16H26N2O3S2/c1-4-21-16(20)18-13(8-12(2)3)9-17-15(19)11-22-10-14-6-5-7-23-14/h5-7,12-13H,4,8-11H2,1-3H3,(H,17,19)(H,18,20)/t13-/m1/s1. The lowest BCUT2D eigenvalue weighted by Crippen LogP contribution is -2.45. The molecule has 2 amide bonds. The second-order valence-electron chi connectivity index (χ2n) is 5.57. The maximum atomic E-state index is 11.9. The molecule has 0 aliphatic heterocycles. The number of thiophene rings is 1. The SMILES string of the molecule is CCOC(=O)N[C@@H](CNC(=O)CSCc1cccs1)CC(C)C. The van der Waals surface area contributed by atoms with Crippen molar-refractivity contribution in [3.8, 4) is 0 Å². The maximum Gasteiger partial charge on any atom is 0.407 e. The number of alkyl carbamates (subject to hydrolysis) is 1. The molecule has 7 heteroatoms. The molecule has 0 fully saturated rings. The summed E-state index contributed by atoms with van der Waals surface area (Å²) in [4.78, 5) is 24.7. The average Bonchev–Trinajstić information content (AvgIpc) is 2.97. The first-order valence-corrected chi connectivity index (χ1v) is 9.84. The lowest BCUT2D eigenvalue weighted by Gasteiger charge is -2.20. The minimum absolute atomic E-state index is 0.00836. The topological polar surface area (TPSA) is 67.4 Å². The van der Waals surface area contributed by atoms with Gasteiger partial charge < -0.3 is 15.4 Å².